The lowest BCUT2D eigenvalue weighted by Crippen LogP contribution is -2.32. The highest BCUT2D eigenvalue weighted by molar-refractivity contribution is 5.30. The van der Waals surface area contributed by atoms with Crippen LogP contribution in [0.4, 0.5) is 0 Å². The standard InChI is InChI=1S/C6H8N4O2/c7-8-1-2-9-5(3-8)6(11)4-10(9)12/h1-4,11-12H,7H2. The molecule has 0 radical (unpaired) electrons. The minimum absolute atomic E-state index is 0.0303. The van der Waals surface area contributed by atoms with Gasteiger partial charge in [0.2, 0.25) is 0 Å². The van der Waals surface area contributed by atoms with Gasteiger partial charge >= 0.3 is 0 Å². The van der Waals surface area contributed by atoms with Gasteiger partial charge in [0, 0.05) is 12.4 Å². The maximum absolute atomic E-state index is 9.25. The second kappa shape index (κ2) is 2.16. The first-order valence-electron chi connectivity index (χ1n) is 3.30. The van der Waals surface area contributed by atoms with Crippen molar-refractivity contribution < 1.29 is 10.3 Å². The summed E-state index contributed by atoms with van der Waals surface area (Å²) in [4.78, 5) is 0. The van der Waals surface area contributed by atoms with E-state index in [4.69, 9.17) is 11.0 Å². The molecule has 0 unspecified atom stereocenters. The molecule has 0 spiro atoms. The summed E-state index contributed by atoms with van der Waals surface area (Å²) < 4.78 is 0. The van der Waals surface area contributed by atoms with E-state index in [0.29, 0.717) is 5.70 Å². The Morgan fingerprint density at radius 2 is 2.00 bits per heavy atom. The number of hydrogen-bond donors (Lipinski definition) is 3. The summed E-state index contributed by atoms with van der Waals surface area (Å²) >= 11 is 0. The number of nitrogens with zero attached hydrogens (tertiary/aromatic N) is 3. The van der Waals surface area contributed by atoms with Gasteiger partial charge in [-0.25, -0.2) is 10.9 Å². The van der Waals surface area contributed by atoms with Gasteiger partial charge in [-0.3, -0.25) is 10.2 Å². The van der Waals surface area contributed by atoms with Crippen molar-refractivity contribution >= 4 is 0 Å². The number of nitrogens with two attached hydrogens (primary N) is 1. The van der Waals surface area contributed by atoms with Crippen molar-refractivity contribution in [3.63, 3.8) is 0 Å². The molecule has 0 aliphatic carbocycles. The molecule has 6 nitrogen and oxygen atoms in total. The van der Waals surface area contributed by atoms with Gasteiger partial charge in [-0.05, 0) is 0 Å². The fraction of sp³-hybridized carbons (Fsp3) is 0. The third-order valence-electron chi connectivity index (χ3n) is 1.62. The van der Waals surface area contributed by atoms with Crippen LogP contribution in [0.1, 0.15) is 0 Å². The summed E-state index contributed by atoms with van der Waals surface area (Å²) in [7, 11) is 0. The van der Waals surface area contributed by atoms with Crippen LogP contribution in [-0.2, 0) is 0 Å². The highest BCUT2D eigenvalue weighted by atomic mass is 16.6. The zero-order chi connectivity index (χ0) is 8.72. The van der Waals surface area contributed by atoms with Crippen molar-refractivity contribution in [2.24, 2.45) is 5.84 Å². The van der Waals surface area contributed by atoms with Crippen molar-refractivity contribution in [2.75, 3.05) is 0 Å². The van der Waals surface area contributed by atoms with Crippen LogP contribution in [0.5, 0.6) is 0 Å². The monoisotopic (exact) mass is 168 g/mol. The Kier molecular flexibility index (Phi) is 1.26. The quantitative estimate of drug-likeness (QED) is 0.435. The van der Waals surface area contributed by atoms with Gasteiger partial charge in [0.1, 0.15) is 5.70 Å². The summed E-state index contributed by atoms with van der Waals surface area (Å²) in [5, 5.41) is 21.8. The zero-order valence-corrected chi connectivity index (χ0v) is 6.12. The lowest BCUT2D eigenvalue weighted by molar-refractivity contribution is -0.157. The number of hydrazine groups is 2. The minimum atomic E-state index is -0.0303. The van der Waals surface area contributed by atoms with E-state index in [-0.39, 0.29) is 5.76 Å². The van der Waals surface area contributed by atoms with E-state index in [1.54, 1.807) is 6.20 Å². The number of hydrogen-bond acceptors (Lipinski definition) is 6. The maximum Gasteiger partial charge on any atom is 0.163 e. The summed E-state index contributed by atoms with van der Waals surface area (Å²) in [5.74, 6) is 5.37. The molecule has 2 rings (SSSR count). The molecule has 0 amide bonds. The maximum atomic E-state index is 9.25. The molecule has 0 bridgehead atoms. The predicted molar refractivity (Wildman–Crippen MR) is 39.4 cm³/mol. The Morgan fingerprint density at radius 3 is 2.75 bits per heavy atom. The first-order chi connectivity index (χ1) is 5.68. The minimum Gasteiger partial charge on any atom is -0.504 e. The van der Waals surface area contributed by atoms with Gasteiger partial charge < -0.3 is 5.11 Å². The summed E-state index contributed by atoms with van der Waals surface area (Å²) in [6.45, 7) is 0. The molecular weight excluding hydrogens is 160 g/mol. The Balaban J connectivity index is 2.35. The van der Waals surface area contributed by atoms with E-state index < -0.39 is 0 Å². The van der Waals surface area contributed by atoms with Gasteiger partial charge in [-0.15, -0.1) is 0 Å². The average Bonchev–Trinajstić information content (AvgIpc) is 2.28. The normalized spacial score (nSPS) is 21.0. The van der Waals surface area contributed by atoms with Gasteiger partial charge in [-0.1, -0.05) is 0 Å². The fourth-order valence-corrected chi connectivity index (χ4v) is 1.06. The number of aliphatic hydroxyl groups is 1. The van der Waals surface area contributed by atoms with Crippen LogP contribution in [0, 0.1) is 0 Å². The smallest absolute Gasteiger partial charge is 0.163 e. The lowest BCUT2D eigenvalue weighted by Gasteiger charge is -2.26. The molecule has 0 saturated heterocycles. The molecule has 6 heteroatoms. The summed E-state index contributed by atoms with van der Waals surface area (Å²) in [6.07, 6.45) is 5.73. The average molecular weight is 168 g/mol. The van der Waals surface area contributed by atoms with Crippen molar-refractivity contribution in [3.05, 3.63) is 36.3 Å². The molecule has 2 aliphatic heterocycles. The van der Waals surface area contributed by atoms with Crippen LogP contribution in [0.3, 0.4) is 0 Å². The third-order valence-corrected chi connectivity index (χ3v) is 1.62. The SMILES string of the molecule is NN1C=CN2C(=C1)C(O)=CN2O. The zero-order valence-electron chi connectivity index (χ0n) is 6.12. The van der Waals surface area contributed by atoms with Crippen LogP contribution in [0.15, 0.2) is 36.3 Å². The van der Waals surface area contributed by atoms with Gasteiger partial charge in [0.25, 0.3) is 0 Å². The topological polar surface area (TPSA) is 76.2 Å². The Hall–Kier alpha value is -1.66. The van der Waals surface area contributed by atoms with Crippen molar-refractivity contribution in [1.82, 2.24) is 15.2 Å². The van der Waals surface area contributed by atoms with Crippen LogP contribution >= 0.6 is 0 Å². The number of hydroxylamine groups is 1. The first-order valence-corrected chi connectivity index (χ1v) is 3.30. The van der Waals surface area contributed by atoms with E-state index in [1.807, 2.05) is 0 Å². The molecular formula is C6H8N4O2. The molecule has 64 valence electrons. The largest absolute Gasteiger partial charge is 0.504 e. The molecule has 0 atom stereocenters. The van der Waals surface area contributed by atoms with E-state index in [2.05, 4.69) is 0 Å². The van der Waals surface area contributed by atoms with Crippen LogP contribution < -0.4 is 5.84 Å². The van der Waals surface area contributed by atoms with E-state index in [0.717, 1.165) is 5.17 Å². The third kappa shape index (κ3) is 0.825. The fourth-order valence-electron chi connectivity index (χ4n) is 1.06. The Morgan fingerprint density at radius 1 is 1.25 bits per heavy atom. The number of fused-ring (bicyclic) bond motifs is 1. The molecule has 0 aromatic heterocycles. The van der Waals surface area contributed by atoms with Gasteiger partial charge in [0.05, 0.1) is 12.4 Å². The van der Waals surface area contributed by atoms with E-state index in [9.17, 15) is 5.11 Å². The number of rotatable bonds is 0. The van der Waals surface area contributed by atoms with Crippen LogP contribution in [-0.4, -0.2) is 25.5 Å². The molecule has 0 saturated carbocycles. The molecule has 12 heavy (non-hydrogen) atoms. The molecule has 0 fully saturated rings. The van der Waals surface area contributed by atoms with Gasteiger partial charge in [0.15, 0.2) is 5.76 Å². The molecule has 4 N–H and O–H groups in total. The predicted octanol–water partition coefficient (Wildman–Crippen LogP) is -0.191. The molecule has 2 heterocycles. The second-order valence-electron chi connectivity index (χ2n) is 2.44. The van der Waals surface area contributed by atoms with E-state index in [1.165, 1.54) is 28.6 Å². The van der Waals surface area contributed by atoms with Crippen molar-refractivity contribution in [3.8, 4) is 0 Å². The van der Waals surface area contributed by atoms with Crippen LogP contribution in [0.25, 0.3) is 0 Å². The van der Waals surface area contributed by atoms with E-state index >= 15 is 0 Å². The summed E-state index contributed by atoms with van der Waals surface area (Å²) in [5.41, 5.74) is 0.433. The van der Waals surface area contributed by atoms with Crippen molar-refractivity contribution in [2.45, 2.75) is 0 Å². The Bertz CT molecular complexity index is 296. The molecule has 2 aliphatic rings. The second-order valence-corrected chi connectivity index (χ2v) is 2.44. The lowest BCUT2D eigenvalue weighted by atomic mass is 10.4. The highest BCUT2D eigenvalue weighted by Gasteiger charge is 2.26. The molecule has 0 aromatic carbocycles. The Labute approximate surface area is 68.6 Å². The van der Waals surface area contributed by atoms with Crippen molar-refractivity contribution in [1.29, 1.82) is 0 Å². The summed E-state index contributed by atoms with van der Waals surface area (Å²) in [6, 6.07) is 0. The highest BCUT2D eigenvalue weighted by Crippen LogP contribution is 2.25. The van der Waals surface area contributed by atoms with Crippen LogP contribution in [0.2, 0.25) is 0 Å². The van der Waals surface area contributed by atoms with Gasteiger partial charge in [-0.2, -0.15) is 5.17 Å². The first kappa shape index (κ1) is 7.01. The number of aliphatic hydroxyl groups excluding tert-OH is 1. The molecule has 0 aromatic rings.